The number of methoxy groups -OCH3 is 1. The summed E-state index contributed by atoms with van der Waals surface area (Å²) in [5, 5.41) is 6.20. The summed E-state index contributed by atoms with van der Waals surface area (Å²) in [6, 6.07) is 8.77. The molecule has 24 heavy (non-hydrogen) atoms. The second-order valence-electron chi connectivity index (χ2n) is 6.06. The van der Waals surface area contributed by atoms with E-state index in [0.717, 1.165) is 48.6 Å². The molecule has 0 radical (unpaired) electrons. The Labute approximate surface area is 148 Å². The summed E-state index contributed by atoms with van der Waals surface area (Å²) in [5.74, 6) is 0.0303. The zero-order valence-corrected chi connectivity index (χ0v) is 15.5. The standard InChI is InChI=1S/C19H26N2O2S/c1-14(20-15(2)22)6-7-16-8-10-17(11-9-16)18-13-24-19(21-18)5-4-12-23-3/h8-11,13-14H,4-7,12H2,1-3H3,(H,20,22). The van der Waals surface area contributed by atoms with Gasteiger partial charge in [0.1, 0.15) is 0 Å². The van der Waals surface area contributed by atoms with Crippen LogP contribution in [0.5, 0.6) is 0 Å². The number of rotatable bonds is 9. The summed E-state index contributed by atoms with van der Waals surface area (Å²) < 4.78 is 5.08. The Morgan fingerprint density at radius 3 is 2.71 bits per heavy atom. The Morgan fingerprint density at radius 2 is 2.04 bits per heavy atom. The highest BCUT2D eigenvalue weighted by Gasteiger charge is 2.06. The van der Waals surface area contributed by atoms with Crippen LogP contribution in [0.3, 0.4) is 0 Å². The van der Waals surface area contributed by atoms with Crippen LogP contribution >= 0.6 is 11.3 Å². The molecule has 1 N–H and O–H groups in total. The fourth-order valence-corrected chi connectivity index (χ4v) is 3.42. The predicted octanol–water partition coefficient (Wildman–Crippen LogP) is 3.85. The monoisotopic (exact) mass is 346 g/mol. The predicted molar refractivity (Wildman–Crippen MR) is 99.3 cm³/mol. The second-order valence-corrected chi connectivity index (χ2v) is 7.00. The lowest BCUT2D eigenvalue weighted by atomic mass is 10.0. The van der Waals surface area contributed by atoms with E-state index in [1.54, 1.807) is 25.4 Å². The van der Waals surface area contributed by atoms with Crippen LogP contribution in [0.1, 0.15) is 37.3 Å². The molecule has 1 aromatic heterocycles. The number of carbonyl (C=O) groups is 1. The number of aromatic nitrogens is 1. The number of aryl methyl sites for hydroxylation is 2. The lowest BCUT2D eigenvalue weighted by Gasteiger charge is -2.12. The summed E-state index contributed by atoms with van der Waals surface area (Å²) in [5.41, 5.74) is 3.49. The van der Waals surface area contributed by atoms with Gasteiger partial charge in [0.25, 0.3) is 0 Å². The van der Waals surface area contributed by atoms with Crippen molar-refractivity contribution < 1.29 is 9.53 Å². The van der Waals surface area contributed by atoms with Crippen LogP contribution in [-0.2, 0) is 22.4 Å². The summed E-state index contributed by atoms with van der Waals surface area (Å²) in [7, 11) is 1.73. The molecule has 0 aliphatic heterocycles. The van der Waals surface area contributed by atoms with Gasteiger partial charge < -0.3 is 10.1 Å². The van der Waals surface area contributed by atoms with Gasteiger partial charge in [0.2, 0.25) is 5.91 Å². The molecular weight excluding hydrogens is 320 g/mol. The topological polar surface area (TPSA) is 51.2 Å². The van der Waals surface area contributed by atoms with Gasteiger partial charge >= 0.3 is 0 Å². The van der Waals surface area contributed by atoms with Gasteiger partial charge in [-0.05, 0) is 31.7 Å². The number of nitrogens with zero attached hydrogens (tertiary/aromatic N) is 1. The molecule has 1 unspecified atom stereocenters. The largest absolute Gasteiger partial charge is 0.385 e. The molecule has 2 aromatic rings. The minimum atomic E-state index is 0.0303. The quantitative estimate of drug-likeness (QED) is 0.702. The molecule has 5 heteroatoms. The Balaban J connectivity index is 1.88. The molecule has 1 heterocycles. The molecular formula is C19H26N2O2S. The van der Waals surface area contributed by atoms with Crippen molar-refractivity contribution in [2.45, 2.75) is 45.6 Å². The fraction of sp³-hybridized carbons (Fsp3) is 0.474. The lowest BCUT2D eigenvalue weighted by Crippen LogP contribution is -2.30. The third kappa shape index (κ3) is 6.06. The van der Waals surface area contributed by atoms with E-state index < -0.39 is 0 Å². The summed E-state index contributed by atoms with van der Waals surface area (Å²) >= 11 is 1.71. The molecule has 0 saturated carbocycles. The van der Waals surface area contributed by atoms with Gasteiger partial charge in [-0.1, -0.05) is 24.3 Å². The van der Waals surface area contributed by atoms with E-state index in [0.29, 0.717) is 0 Å². The normalized spacial score (nSPS) is 12.1. The SMILES string of the molecule is COCCCc1nc(-c2ccc(CCC(C)NC(C)=O)cc2)cs1. The first-order valence-electron chi connectivity index (χ1n) is 8.38. The van der Waals surface area contributed by atoms with E-state index in [1.165, 1.54) is 5.56 Å². The molecule has 0 bridgehead atoms. The smallest absolute Gasteiger partial charge is 0.217 e. The van der Waals surface area contributed by atoms with Crippen LogP contribution < -0.4 is 5.32 Å². The van der Waals surface area contributed by atoms with Crippen molar-refractivity contribution in [1.29, 1.82) is 0 Å². The van der Waals surface area contributed by atoms with E-state index in [-0.39, 0.29) is 11.9 Å². The molecule has 0 aliphatic carbocycles. The number of ether oxygens (including phenoxy) is 1. The Bertz CT molecular complexity index is 637. The number of hydrogen-bond acceptors (Lipinski definition) is 4. The fourth-order valence-electron chi connectivity index (χ4n) is 2.57. The maximum absolute atomic E-state index is 11.0. The van der Waals surface area contributed by atoms with E-state index in [1.807, 2.05) is 6.92 Å². The summed E-state index contributed by atoms with van der Waals surface area (Å²) in [6.07, 6.45) is 3.88. The highest BCUT2D eigenvalue weighted by molar-refractivity contribution is 7.09. The maximum atomic E-state index is 11.0. The van der Waals surface area contributed by atoms with Crippen molar-refractivity contribution in [2.75, 3.05) is 13.7 Å². The van der Waals surface area contributed by atoms with Crippen molar-refractivity contribution >= 4 is 17.2 Å². The van der Waals surface area contributed by atoms with Crippen molar-refractivity contribution in [3.8, 4) is 11.3 Å². The van der Waals surface area contributed by atoms with Gasteiger partial charge in [0, 0.05) is 44.0 Å². The Kier molecular flexibility index (Phi) is 7.40. The Morgan fingerprint density at radius 1 is 1.29 bits per heavy atom. The first-order chi connectivity index (χ1) is 11.6. The van der Waals surface area contributed by atoms with Crippen LogP contribution in [0.25, 0.3) is 11.3 Å². The van der Waals surface area contributed by atoms with E-state index in [9.17, 15) is 4.79 Å². The first-order valence-corrected chi connectivity index (χ1v) is 9.26. The van der Waals surface area contributed by atoms with Gasteiger partial charge in [-0.3, -0.25) is 4.79 Å². The number of hydrogen-bond donors (Lipinski definition) is 1. The zero-order chi connectivity index (χ0) is 17.4. The molecule has 1 aromatic carbocycles. The maximum Gasteiger partial charge on any atom is 0.217 e. The highest BCUT2D eigenvalue weighted by atomic mass is 32.1. The van der Waals surface area contributed by atoms with Crippen molar-refractivity contribution in [3.63, 3.8) is 0 Å². The zero-order valence-electron chi connectivity index (χ0n) is 14.7. The Hall–Kier alpha value is -1.72. The van der Waals surface area contributed by atoms with Crippen LogP contribution in [0.2, 0.25) is 0 Å². The van der Waals surface area contributed by atoms with Gasteiger partial charge in [0.05, 0.1) is 10.7 Å². The van der Waals surface area contributed by atoms with Gasteiger partial charge in [-0.2, -0.15) is 0 Å². The van der Waals surface area contributed by atoms with Crippen LogP contribution in [0, 0.1) is 0 Å². The molecule has 1 atom stereocenters. The molecule has 2 rings (SSSR count). The third-order valence-corrected chi connectivity index (χ3v) is 4.76. The van der Waals surface area contributed by atoms with Crippen molar-refractivity contribution in [1.82, 2.24) is 10.3 Å². The first kappa shape index (κ1) is 18.6. The van der Waals surface area contributed by atoms with Crippen LogP contribution in [0.4, 0.5) is 0 Å². The molecule has 0 fully saturated rings. The number of amides is 1. The average molecular weight is 346 g/mol. The highest BCUT2D eigenvalue weighted by Crippen LogP contribution is 2.23. The van der Waals surface area contributed by atoms with Gasteiger partial charge in [-0.25, -0.2) is 4.98 Å². The molecule has 4 nitrogen and oxygen atoms in total. The molecule has 130 valence electrons. The van der Waals surface area contributed by atoms with Crippen LogP contribution in [0.15, 0.2) is 29.6 Å². The molecule has 0 aliphatic rings. The van der Waals surface area contributed by atoms with Crippen LogP contribution in [-0.4, -0.2) is 30.6 Å². The molecule has 0 spiro atoms. The second kappa shape index (κ2) is 9.55. The minimum absolute atomic E-state index is 0.0303. The van der Waals surface area contributed by atoms with Crippen molar-refractivity contribution in [2.24, 2.45) is 0 Å². The molecule has 0 saturated heterocycles. The van der Waals surface area contributed by atoms with E-state index in [4.69, 9.17) is 9.72 Å². The average Bonchev–Trinajstić information content (AvgIpc) is 3.02. The number of thiazole rings is 1. The summed E-state index contributed by atoms with van der Waals surface area (Å²) in [4.78, 5) is 15.7. The lowest BCUT2D eigenvalue weighted by molar-refractivity contribution is -0.119. The number of carbonyl (C=O) groups excluding carboxylic acids is 1. The summed E-state index contributed by atoms with van der Waals surface area (Å²) in [6.45, 7) is 4.37. The van der Waals surface area contributed by atoms with Gasteiger partial charge in [-0.15, -0.1) is 11.3 Å². The van der Waals surface area contributed by atoms with Crippen molar-refractivity contribution in [3.05, 3.63) is 40.2 Å². The van der Waals surface area contributed by atoms with Gasteiger partial charge in [0.15, 0.2) is 0 Å². The van der Waals surface area contributed by atoms with E-state index in [2.05, 4.69) is 35.0 Å². The van der Waals surface area contributed by atoms with E-state index >= 15 is 0 Å². The number of nitrogens with one attached hydrogen (secondary N) is 1. The number of benzene rings is 1. The minimum Gasteiger partial charge on any atom is -0.385 e. The molecule has 1 amide bonds. The third-order valence-electron chi connectivity index (χ3n) is 3.86.